The van der Waals surface area contributed by atoms with E-state index in [2.05, 4.69) is 62.5 Å². The van der Waals surface area contributed by atoms with E-state index in [0.717, 1.165) is 89.9 Å². The number of hydrogen-bond acceptors (Lipinski definition) is 5. The minimum absolute atomic E-state index is 0.0661. The van der Waals surface area contributed by atoms with Crippen LogP contribution in [0.25, 0.3) is 0 Å². The Labute approximate surface area is 360 Å². The Morgan fingerprint density at radius 2 is 0.931 bits per heavy atom. The van der Waals surface area contributed by atoms with Gasteiger partial charge in [-0.15, -0.1) is 0 Å². The summed E-state index contributed by atoms with van der Waals surface area (Å²) in [6, 6.07) is -0.705. The standard InChI is InChI=1S/C52H97NO5/c1-4-7-10-13-16-19-22-25-27-28-31-34-37-40-43-48(58-52(57)45-42-39-36-33-30-24-21-18-15-12-9-6-3)46-51(56)53-49(47-54)50(55)44-41-38-35-32-29-26-23-20-17-14-11-8-5-2/h7,10,16,19,25,27,48-50,54-55H,4-6,8-9,11-15,17-18,20-24,26,28-47H2,1-3H3,(H,53,56)/b10-7+,19-16+,27-25+. The van der Waals surface area contributed by atoms with Crippen LogP contribution in [0, 0.1) is 0 Å². The molecule has 3 unspecified atom stereocenters. The number of allylic oxidation sites excluding steroid dienone is 6. The van der Waals surface area contributed by atoms with Crippen LogP contribution >= 0.6 is 0 Å². The molecule has 0 spiro atoms. The van der Waals surface area contributed by atoms with Gasteiger partial charge in [-0.05, 0) is 57.8 Å². The lowest BCUT2D eigenvalue weighted by atomic mass is 10.0. The van der Waals surface area contributed by atoms with E-state index < -0.39 is 18.2 Å². The van der Waals surface area contributed by atoms with Gasteiger partial charge in [0.2, 0.25) is 5.91 Å². The quantitative estimate of drug-likeness (QED) is 0.0323. The number of carbonyl (C=O) groups excluding carboxylic acids is 2. The molecule has 0 fully saturated rings. The zero-order valence-electron chi connectivity index (χ0n) is 38.7. The van der Waals surface area contributed by atoms with Gasteiger partial charge in [-0.1, -0.05) is 224 Å². The summed E-state index contributed by atoms with van der Waals surface area (Å²) in [6.45, 7) is 6.37. The van der Waals surface area contributed by atoms with E-state index in [1.54, 1.807) is 0 Å². The molecule has 0 aliphatic heterocycles. The molecule has 6 heteroatoms. The summed E-state index contributed by atoms with van der Waals surface area (Å²) < 4.78 is 5.92. The smallest absolute Gasteiger partial charge is 0.306 e. The lowest BCUT2D eigenvalue weighted by Gasteiger charge is -2.24. The zero-order valence-corrected chi connectivity index (χ0v) is 38.7. The van der Waals surface area contributed by atoms with Gasteiger partial charge in [-0.25, -0.2) is 0 Å². The van der Waals surface area contributed by atoms with Crippen molar-refractivity contribution in [3.63, 3.8) is 0 Å². The normalized spacial score (nSPS) is 13.5. The first-order valence-corrected chi connectivity index (χ1v) is 25.2. The summed E-state index contributed by atoms with van der Waals surface area (Å²) >= 11 is 0. The van der Waals surface area contributed by atoms with Gasteiger partial charge in [0, 0.05) is 6.42 Å². The van der Waals surface area contributed by atoms with E-state index >= 15 is 0 Å². The number of hydrogen-bond donors (Lipinski definition) is 3. The molecule has 0 saturated heterocycles. The summed E-state index contributed by atoms with van der Waals surface area (Å²) in [5.41, 5.74) is 0. The molecular formula is C52H97NO5. The first-order valence-electron chi connectivity index (χ1n) is 25.2. The van der Waals surface area contributed by atoms with Crippen LogP contribution in [-0.4, -0.2) is 46.9 Å². The third-order valence-corrected chi connectivity index (χ3v) is 11.5. The molecule has 0 aromatic rings. The Bertz CT molecular complexity index is 961. The Balaban J connectivity index is 4.60. The molecule has 0 rings (SSSR count). The largest absolute Gasteiger partial charge is 0.462 e. The van der Waals surface area contributed by atoms with E-state index in [0.29, 0.717) is 19.3 Å². The molecule has 0 aromatic carbocycles. The lowest BCUT2D eigenvalue weighted by Crippen LogP contribution is -2.46. The average molecular weight is 816 g/mol. The topological polar surface area (TPSA) is 95.9 Å². The molecule has 58 heavy (non-hydrogen) atoms. The fourth-order valence-corrected chi connectivity index (χ4v) is 7.68. The predicted octanol–water partition coefficient (Wildman–Crippen LogP) is 14.9. The molecule has 6 nitrogen and oxygen atoms in total. The second kappa shape index (κ2) is 46.2. The Morgan fingerprint density at radius 1 is 0.517 bits per heavy atom. The van der Waals surface area contributed by atoms with Gasteiger partial charge >= 0.3 is 5.97 Å². The average Bonchev–Trinajstić information content (AvgIpc) is 3.22. The van der Waals surface area contributed by atoms with Gasteiger partial charge < -0.3 is 20.3 Å². The number of rotatable bonds is 45. The zero-order chi connectivity index (χ0) is 42.4. The van der Waals surface area contributed by atoms with Crippen molar-refractivity contribution in [3.8, 4) is 0 Å². The third-order valence-electron chi connectivity index (χ3n) is 11.5. The molecule has 340 valence electrons. The number of amides is 1. The minimum Gasteiger partial charge on any atom is -0.462 e. The van der Waals surface area contributed by atoms with Crippen LogP contribution in [0.3, 0.4) is 0 Å². The van der Waals surface area contributed by atoms with Crippen LogP contribution in [-0.2, 0) is 14.3 Å². The summed E-state index contributed by atoms with van der Waals surface area (Å²) in [4.78, 5) is 26.1. The van der Waals surface area contributed by atoms with Crippen molar-refractivity contribution < 1.29 is 24.5 Å². The van der Waals surface area contributed by atoms with Gasteiger partial charge in [0.1, 0.15) is 6.10 Å². The highest BCUT2D eigenvalue weighted by Gasteiger charge is 2.24. The SMILES string of the molecule is CC/C=C/C/C=C/C/C=C/CCCCCCC(CC(=O)NC(CO)C(O)CCCCCCCCCCCCCCC)OC(=O)CCCCCCCCCCCCCC. The number of unbranched alkanes of at least 4 members (excludes halogenated alkanes) is 27. The monoisotopic (exact) mass is 816 g/mol. The summed E-state index contributed by atoms with van der Waals surface area (Å²) in [5.74, 6) is -0.487. The third kappa shape index (κ3) is 40.8. The Kier molecular flexibility index (Phi) is 44.6. The Morgan fingerprint density at radius 3 is 1.41 bits per heavy atom. The van der Waals surface area contributed by atoms with Gasteiger partial charge in [0.25, 0.3) is 0 Å². The number of aliphatic hydroxyl groups excluding tert-OH is 2. The number of ether oxygens (including phenoxy) is 1. The number of nitrogens with one attached hydrogen (secondary N) is 1. The van der Waals surface area contributed by atoms with E-state index in [-0.39, 0.29) is 24.9 Å². The van der Waals surface area contributed by atoms with Gasteiger partial charge in [-0.3, -0.25) is 9.59 Å². The highest BCUT2D eigenvalue weighted by molar-refractivity contribution is 5.77. The van der Waals surface area contributed by atoms with Crippen molar-refractivity contribution in [2.75, 3.05) is 6.61 Å². The van der Waals surface area contributed by atoms with Crippen molar-refractivity contribution in [2.24, 2.45) is 0 Å². The van der Waals surface area contributed by atoms with Crippen LogP contribution in [0.15, 0.2) is 36.5 Å². The molecule has 0 aromatic heterocycles. The van der Waals surface area contributed by atoms with Gasteiger partial charge in [-0.2, -0.15) is 0 Å². The molecule has 0 radical (unpaired) electrons. The van der Waals surface area contributed by atoms with Crippen molar-refractivity contribution >= 4 is 11.9 Å². The van der Waals surface area contributed by atoms with Crippen molar-refractivity contribution in [1.29, 1.82) is 0 Å². The number of carbonyl (C=O) groups is 2. The maximum Gasteiger partial charge on any atom is 0.306 e. The number of aliphatic hydroxyl groups is 2. The molecule has 3 atom stereocenters. The van der Waals surface area contributed by atoms with E-state index in [4.69, 9.17) is 4.74 Å². The van der Waals surface area contributed by atoms with Crippen LogP contribution in [0.4, 0.5) is 0 Å². The van der Waals surface area contributed by atoms with Crippen molar-refractivity contribution in [2.45, 2.75) is 277 Å². The molecule has 3 N–H and O–H groups in total. The van der Waals surface area contributed by atoms with Crippen LogP contribution in [0.1, 0.15) is 258 Å². The molecule has 1 amide bonds. The maximum absolute atomic E-state index is 13.2. The van der Waals surface area contributed by atoms with Crippen LogP contribution in [0.2, 0.25) is 0 Å². The molecular weight excluding hydrogens is 719 g/mol. The summed E-state index contributed by atoms with van der Waals surface area (Å²) in [5, 5.41) is 23.7. The first kappa shape index (κ1) is 56.1. The summed E-state index contributed by atoms with van der Waals surface area (Å²) in [6.07, 6.45) is 53.4. The first-order chi connectivity index (χ1) is 28.5. The van der Waals surface area contributed by atoms with Crippen LogP contribution in [0.5, 0.6) is 0 Å². The molecule has 0 bridgehead atoms. The van der Waals surface area contributed by atoms with Gasteiger partial charge in [0.05, 0.1) is 25.2 Å². The Hall–Kier alpha value is -1.92. The fraction of sp³-hybridized carbons (Fsp3) is 0.846. The maximum atomic E-state index is 13.2. The molecule has 0 aliphatic rings. The molecule has 0 aliphatic carbocycles. The number of esters is 1. The lowest BCUT2D eigenvalue weighted by molar-refractivity contribution is -0.151. The molecule has 0 heterocycles. The van der Waals surface area contributed by atoms with Gasteiger partial charge in [0.15, 0.2) is 0 Å². The van der Waals surface area contributed by atoms with Crippen molar-refractivity contribution in [3.05, 3.63) is 36.5 Å². The van der Waals surface area contributed by atoms with E-state index in [1.807, 2.05) is 0 Å². The predicted molar refractivity (Wildman–Crippen MR) is 250 cm³/mol. The second-order valence-electron chi connectivity index (χ2n) is 17.2. The second-order valence-corrected chi connectivity index (χ2v) is 17.2. The van der Waals surface area contributed by atoms with E-state index in [9.17, 15) is 19.8 Å². The molecule has 0 saturated carbocycles. The van der Waals surface area contributed by atoms with Crippen LogP contribution < -0.4 is 5.32 Å². The highest BCUT2D eigenvalue weighted by Crippen LogP contribution is 2.18. The van der Waals surface area contributed by atoms with Crippen molar-refractivity contribution in [1.82, 2.24) is 5.32 Å². The highest BCUT2D eigenvalue weighted by atomic mass is 16.5. The minimum atomic E-state index is -0.790. The van der Waals surface area contributed by atoms with E-state index in [1.165, 1.54) is 122 Å². The fourth-order valence-electron chi connectivity index (χ4n) is 7.68. The summed E-state index contributed by atoms with van der Waals surface area (Å²) in [7, 11) is 0.